The highest BCUT2D eigenvalue weighted by Gasteiger charge is 2.11. The summed E-state index contributed by atoms with van der Waals surface area (Å²) < 4.78 is 5.16. The van der Waals surface area contributed by atoms with Crippen molar-refractivity contribution < 1.29 is 9.53 Å². The van der Waals surface area contributed by atoms with Gasteiger partial charge in [-0.25, -0.2) is 4.79 Å². The van der Waals surface area contributed by atoms with Gasteiger partial charge >= 0.3 is 5.97 Å². The lowest BCUT2D eigenvalue weighted by molar-refractivity contribution is 0.0346. The Balaban J connectivity index is 2.75. The zero-order chi connectivity index (χ0) is 10.6. The Kier molecular flexibility index (Phi) is 3.69. The lowest BCUT2D eigenvalue weighted by Gasteiger charge is -2.11. The van der Waals surface area contributed by atoms with Gasteiger partial charge in [0.05, 0.1) is 11.7 Å². The van der Waals surface area contributed by atoms with Crippen molar-refractivity contribution in [3.05, 3.63) is 42.3 Å². The monoisotopic (exact) mass is 191 g/mol. The molecule has 0 saturated carbocycles. The second-order valence-electron chi connectivity index (χ2n) is 3.32. The van der Waals surface area contributed by atoms with Gasteiger partial charge in [-0.05, 0) is 38.8 Å². The van der Waals surface area contributed by atoms with E-state index in [9.17, 15) is 4.79 Å². The zero-order valence-electron chi connectivity index (χ0n) is 8.62. The van der Waals surface area contributed by atoms with E-state index in [1.54, 1.807) is 6.07 Å². The molecule has 75 valence electrons. The minimum absolute atomic E-state index is 0.123. The maximum atomic E-state index is 11.6. The van der Waals surface area contributed by atoms with Crippen LogP contribution < -0.4 is 0 Å². The van der Waals surface area contributed by atoms with Crippen molar-refractivity contribution in [3.8, 4) is 0 Å². The molecule has 0 aromatic heterocycles. The van der Waals surface area contributed by atoms with Gasteiger partial charge in [0.2, 0.25) is 0 Å². The maximum absolute atomic E-state index is 11.6. The van der Waals surface area contributed by atoms with E-state index in [4.69, 9.17) is 4.74 Å². The number of benzene rings is 1. The van der Waals surface area contributed by atoms with Gasteiger partial charge in [0, 0.05) is 0 Å². The summed E-state index contributed by atoms with van der Waals surface area (Å²) in [5.74, 6) is -0.265. The van der Waals surface area contributed by atoms with E-state index in [0.29, 0.717) is 12.0 Å². The van der Waals surface area contributed by atoms with Crippen LogP contribution in [0.5, 0.6) is 0 Å². The summed E-state index contributed by atoms with van der Waals surface area (Å²) in [6, 6.07) is 7.40. The van der Waals surface area contributed by atoms with E-state index in [2.05, 4.69) is 6.92 Å². The first-order valence-corrected chi connectivity index (χ1v) is 4.71. The molecule has 14 heavy (non-hydrogen) atoms. The van der Waals surface area contributed by atoms with Crippen molar-refractivity contribution in [1.29, 1.82) is 0 Å². The van der Waals surface area contributed by atoms with Crippen molar-refractivity contribution >= 4 is 5.97 Å². The summed E-state index contributed by atoms with van der Waals surface area (Å²) in [5.41, 5.74) is 1.57. The lowest BCUT2D eigenvalue weighted by Crippen LogP contribution is -2.14. The van der Waals surface area contributed by atoms with Crippen LogP contribution in [-0.2, 0) is 4.74 Å². The van der Waals surface area contributed by atoms with Crippen LogP contribution in [0.2, 0.25) is 0 Å². The van der Waals surface area contributed by atoms with E-state index in [1.165, 1.54) is 0 Å². The standard InChI is InChI=1S/C12H15O2/c1-4-10(3)14-12(13)11-8-6-5-7-9(11)2/h5-8,10H,1,4H2,2-3H3. The Bertz CT molecular complexity index is 318. The SMILES string of the molecule is [CH2]CC(C)OC(=O)c1ccccc1C. The molecule has 0 aliphatic carbocycles. The molecule has 1 rings (SSSR count). The molecule has 2 nitrogen and oxygen atoms in total. The molecule has 1 aromatic rings. The van der Waals surface area contributed by atoms with Crippen LogP contribution in [0.4, 0.5) is 0 Å². The summed E-state index contributed by atoms with van der Waals surface area (Å²) >= 11 is 0. The van der Waals surface area contributed by atoms with E-state index in [1.807, 2.05) is 32.0 Å². The molecule has 0 aliphatic rings. The zero-order valence-corrected chi connectivity index (χ0v) is 8.62. The average molecular weight is 191 g/mol. The van der Waals surface area contributed by atoms with Crippen LogP contribution in [-0.4, -0.2) is 12.1 Å². The number of rotatable bonds is 3. The number of carbonyl (C=O) groups is 1. The normalized spacial score (nSPS) is 12.2. The highest BCUT2D eigenvalue weighted by Crippen LogP contribution is 2.10. The fourth-order valence-corrected chi connectivity index (χ4v) is 1.11. The third-order valence-electron chi connectivity index (χ3n) is 2.08. The van der Waals surface area contributed by atoms with E-state index < -0.39 is 0 Å². The van der Waals surface area contributed by atoms with Gasteiger partial charge in [-0.2, -0.15) is 0 Å². The lowest BCUT2D eigenvalue weighted by atomic mass is 10.1. The van der Waals surface area contributed by atoms with Gasteiger partial charge in [0.1, 0.15) is 0 Å². The molecule has 0 aliphatic heterocycles. The number of hydrogen-bond donors (Lipinski definition) is 0. The molecule has 0 spiro atoms. The van der Waals surface area contributed by atoms with Crippen LogP contribution in [0.3, 0.4) is 0 Å². The Hall–Kier alpha value is -1.31. The molecule has 0 heterocycles. The summed E-state index contributed by atoms with van der Waals surface area (Å²) in [4.78, 5) is 11.6. The van der Waals surface area contributed by atoms with Gasteiger partial charge < -0.3 is 4.74 Å². The Morgan fingerprint density at radius 1 is 1.50 bits per heavy atom. The van der Waals surface area contributed by atoms with Crippen LogP contribution in [0.25, 0.3) is 0 Å². The molecule has 2 heteroatoms. The first-order valence-electron chi connectivity index (χ1n) is 4.71. The molecule has 1 radical (unpaired) electrons. The van der Waals surface area contributed by atoms with Gasteiger partial charge in [-0.15, -0.1) is 0 Å². The first-order chi connectivity index (χ1) is 6.65. The van der Waals surface area contributed by atoms with Gasteiger partial charge in [0.25, 0.3) is 0 Å². The predicted octanol–water partition coefficient (Wildman–Crippen LogP) is 2.76. The molecule has 1 atom stereocenters. The minimum atomic E-state index is -0.265. The van der Waals surface area contributed by atoms with Crippen LogP contribution in [0.1, 0.15) is 29.3 Å². The van der Waals surface area contributed by atoms with E-state index >= 15 is 0 Å². The predicted molar refractivity (Wildman–Crippen MR) is 56.0 cm³/mol. The molecule has 0 N–H and O–H groups in total. The highest BCUT2D eigenvalue weighted by atomic mass is 16.5. The van der Waals surface area contributed by atoms with Gasteiger partial charge in [-0.3, -0.25) is 0 Å². The Labute approximate surface area is 84.9 Å². The van der Waals surface area contributed by atoms with Crippen molar-refractivity contribution in [3.63, 3.8) is 0 Å². The average Bonchev–Trinajstić information content (AvgIpc) is 2.18. The van der Waals surface area contributed by atoms with Gasteiger partial charge in [-0.1, -0.05) is 18.2 Å². The third-order valence-corrected chi connectivity index (χ3v) is 2.08. The van der Waals surface area contributed by atoms with Gasteiger partial charge in [0.15, 0.2) is 0 Å². The van der Waals surface area contributed by atoms with E-state index in [0.717, 1.165) is 5.56 Å². The largest absolute Gasteiger partial charge is 0.459 e. The minimum Gasteiger partial charge on any atom is -0.459 e. The molecular formula is C12H15O2. The molecule has 1 unspecified atom stereocenters. The highest BCUT2D eigenvalue weighted by molar-refractivity contribution is 5.91. The molecular weight excluding hydrogens is 176 g/mol. The first kappa shape index (κ1) is 10.8. The van der Waals surface area contributed by atoms with Crippen LogP contribution >= 0.6 is 0 Å². The number of esters is 1. The second kappa shape index (κ2) is 4.80. The number of aryl methyl sites for hydroxylation is 1. The quantitative estimate of drug-likeness (QED) is 0.687. The fraction of sp³-hybridized carbons (Fsp3) is 0.333. The molecule has 0 bridgehead atoms. The fourth-order valence-electron chi connectivity index (χ4n) is 1.11. The van der Waals surface area contributed by atoms with Crippen LogP contribution in [0.15, 0.2) is 24.3 Å². The summed E-state index contributed by atoms with van der Waals surface area (Å²) in [6.07, 6.45) is 0.472. The van der Waals surface area contributed by atoms with Crippen molar-refractivity contribution in [2.75, 3.05) is 0 Å². The Morgan fingerprint density at radius 3 is 2.71 bits per heavy atom. The Morgan fingerprint density at radius 2 is 2.14 bits per heavy atom. The van der Waals surface area contributed by atoms with E-state index in [-0.39, 0.29) is 12.1 Å². The molecule has 0 fully saturated rings. The molecule has 1 aromatic carbocycles. The molecule has 0 amide bonds. The summed E-state index contributed by atoms with van der Waals surface area (Å²) in [6.45, 7) is 7.41. The summed E-state index contributed by atoms with van der Waals surface area (Å²) in [5, 5.41) is 0. The van der Waals surface area contributed by atoms with Crippen molar-refractivity contribution in [2.24, 2.45) is 0 Å². The second-order valence-corrected chi connectivity index (χ2v) is 3.32. The van der Waals surface area contributed by atoms with Crippen molar-refractivity contribution in [2.45, 2.75) is 26.4 Å². The van der Waals surface area contributed by atoms with Crippen molar-refractivity contribution in [1.82, 2.24) is 0 Å². The third kappa shape index (κ3) is 2.59. The smallest absolute Gasteiger partial charge is 0.338 e. The number of hydrogen-bond acceptors (Lipinski definition) is 2. The number of carbonyl (C=O) groups excluding carboxylic acids is 1. The maximum Gasteiger partial charge on any atom is 0.338 e. The topological polar surface area (TPSA) is 26.3 Å². The number of ether oxygens (including phenoxy) is 1. The van der Waals surface area contributed by atoms with Crippen LogP contribution in [0, 0.1) is 13.8 Å². The summed E-state index contributed by atoms with van der Waals surface area (Å²) in [7, 11) is 0. The molecule has 0 saturated heterocycles.